The number of hydrogen-bond donors (Lipinski definition) is 2. The van der Waals surface area contributed by atoms with E-state index in [9.17, 15) is 14.4 Å². The van der Waals surface area contributed by atoms with E-state index in [-0.39, 0.29) is 44.6 Å². The van der Waals surface area contributed by atoms with Crippen LogP contribution in [0.15, 0.2) is 35.5 Å². The lowest BCUT2D eigenvalue weighted by atomic mass is 10.2. The molecule has 1 aromatic rings. The number of methoxy groups -OCH3 is 1. The molecular weight excluding hydrogens is 352 g/mol. The first kappa shape index (κ1) is 21.9. The van der Waals surface area contributed by atoms with Crippen molar-refractivity contribution in [1.82, 2.24) is 15.5 Å². The van der Waals surface area contributed by atoms with E-state index in [2.05, 4.69) is 20.5 Å². The molecule has 0 saturated carbocycles. The highest BCUT2D eigenvalue weighted by atomic mass is 16.6. The molecular formula is C18H26N4O5. The molecule has 0 aromatic heterocycles. The molecule has 0 spiro atoms. The fraction of sp³-hybridized carbons (Fsp3) is 0.444. The van der Waals surface area contributed by atoms with Crippen molar-refractivity contribution in [3.05, 3.63) is 35.9 Å². The van der Waals surface area contributed by atoms with Gasteiger partial charge in [-0.3, -0.25) is 9.59 Å². The van der Waals surface area contributed by atoms with Crippen LogP contribution in [0.25, 0.3) is 0 Å². The average molecular weight is 378 g/mol. The first-order valence-electron chi connectivity index (χ1n) is 8.50. The van der Waals surface area contributed by atoms with Crippen LogP contribution < -0.4 is 10.6 Å². The number of amides is 3. The van der Waals surface area contributed by atoms with Gasteiger partial charge in [-0.25, -0.2) is 4.79 Å². The molecule has 0 unspecified atom stereocenters. The Balaban J connectivity index is 2.55. The molecule has 3 amide bonds. The number of hydrogen-bond acceptors (Lipinski definition) is 6. The molecule has 9 nitrogen and oxygen atoms in total. The summed E-state index contributed by atoms with van der Waals surface area (Å²) in [4.78, 5) is 41.9. The van der Waals surface area contributed by atoms with Crippen molar-refractivity contribution in [3.8, 4) is 0 Å². The van der Waals surface area contributed by atoms with Crippen LogP contribution in [0.1, 0.15) is 24.2 Å². The number of alkyl carbamates (subject to hydrolysis) is 1. The minimum atomic E-state index is -0.570. The van der Waals surface area contributed by atoms with E-state index in [0.717, 1.165) is 0 Å². The summed E-state index contributed by atoms with van der Waals surface area (Å²) in [7, 11) is 1.27. The number of nitrogens with zero attached hydrogens (tertiary/aromatic N) is 2. The molecule has 0 aliphatic heterocycles. The second kappa shape index (κ2) is 12.3. The number of carbonyl (C=O) groups excluding carboxylic acids is 3. The van der Waals surface area contributed by atoms with Crippen LogP contribution >= 0.6 is 0 Å². The lowest BCUT2D eigenvalue weighted by molar-refractivity contribution is -0.125. The maximum Gasteiger partial charge on any atom is 0.406 e. The zero-order chi connectivity index (χ0) is 20.1. The van der Waals surface area contributed by atoms with Crippen molar-refractivity contribution in [2.45, 2.75) is 13.8 Å². The predicted octanol–water partition coefficient (Wildman–Crippen LogP) is 1.01. The zero-order valence-corrected chi connectivity index (χ0v) is 15.9. The molecule has 0 aliphatic carbocycles. The number of carbonyl (C=O) groups is 3. The second-order valence-electron chi connectivity index (χ2n) is 5.74. The zero-order valence-electron chi connectivity index (χ0n) is 15.9. The van der Waals surface area contributed by atoms with E-state index in [1.54, 1.807) is 43.0 Å². The van der Waals surface area contributed by atoms with E-state index >= 15 is 0 Å². The summed E-state index contributed by atoms with van der Waals surface area (Å²) in [6.07, 6.45) is -0.570. The fourth-order valence-electron chi connectivity index (χ4n) is 2.04. The van der Waals surface area contributed by atoms with Gasteiger partial charge in [-0.2, -0.15) is 0 Å². The summed E-state index contributed by atoms with van der Waals surface area (Å²) in [6, 6.07) is 8.78. The van der Waals surface area contributed by atoms with Crippen molar-refractivity contribution in [2.75, 3.05) is 39.9 Å². The maximum absolute atomic E-state index is 12.6. The average Bonchev–Trinajstić information content (AvgIpc) is 2.66. The molecule has 1 rings (SSSR count). The van der Waals surface area contributed by atoms with Gasteiger partial charge in [0.1, 0.15) is 0 Å². The van der Waals surface area contributed by atoms with Gasteiger partial charge in [-0.15, -0.1) is 0 Å². The van der Waals surface area contributed by atoms with E-state index < -0.39 is 6.09 Å². The predicted molar refractivity (Wildman–Crippen MR) is 100 cm³/mol. The monoisotopic (exact) mass is 378 g/mol. The quantitative estimate of drug-likeness (QED) is 0.467. The molecule has 2 N–H and O–H groups in total. The molecule has 1 aromatic carbocycles. The van der Waals surface area contributed by atoms with Gasteiger partial charge < -0.3 is 25.1 Å². The molecule has 27 heavy (non-hydrogen) atoms. The Morgan fingerprint density at radius 1 is 1.04 bits per heavy atom. The topological polar surface area (TPSA) is 109 Å². The molecule has 0 bridgehead atoms. The van der Waals surface area contributed by atoms with Crippen LogP contribution in [0.2, 0.25) is 0 Å². The summed E-state index contributed by atoms with van der Waals surface area (Å²) in [5.41, 5.74) is 1.23. The Morgan fingerprint density at radius 3 is 2.26 bits per heavy atom. The first-order valence-corrected chi connectivity index (χ1v) is 8.50. The van der Waals surface area contributed by atoms with Gasteiger partial charge in [0, 0.05) is 31.7 Å². The lowest BCUT2D eigenvalue weighted by Crippen LogP contribution is -2.43. The molecule has 0 heterocycles. The third-order valence-electron chi connectivity index (χ3n) is 3.29. The van der Waals surface area contributed by atoms with Crippen molar-refractivity contribution in [3.63, 3.8) is 0 Å². The lowest BCUT2D eigenvalue weighted by Gasteiger charge is -2.23. The van der Waals surface area contributed by atoms with Crippen molar-refractivity contribution in [1.29, 1.82) is 0 Å². The summed E-state index contributed by atoms with van der Waals surface area (Å²) in [5, 5.41) is 8.87. The van der Waals surface area contributed by atoms with Crippen LogP contribution in [0, 0.1) is 0 Å². The molecule has 9 heteroatoms. The van der Waals surface area contributed by atoms with Gasteiger partial charge in [0.25, 0.3) is 11.8 Å². The standard InChI is InChI=1S/C18H26N4O5/c1-14(2)21-27-13-16(23)19-9-11-22(12-10-20-18(25)26-3)17(24)15-7-5-4-6-8-15/h4-8H,9-13H2,1-3H3,(H,19,23)(H,20,25). The number of rotatable bonds is 10. The Morgan fingerprint density at radius 2 is 1.67 bits per heavy atom. The van der Waals surface area contributed by atoms with E-state index in [1.807, 2.05) is 6.07 Å². The Labute approximate surface area is 158 Å². The minimum Gasteiger partial charge on any atom is -0.453 e. The molecule has 0 aliphatic rings. The largest absolute Gasteiger partial charge is 0.453 e. The van der Waals surface area contributed by atoms with E-state index in [1.165, 1.54) is 7.11 Å². The van der Waals surface area contributed by atoms with Crippen LogP contribution in [0.5, 0.6) is 0 Å². The van der Waals surface area contributed by atoms with Gasteiger partial charge in [0.05, 0.1) is 12.8 Å². The number of benzene rings is 1. The van der Waals surface area contributed by atoms with Crippen LogP contribution in [0.3, 0.4) is 0 Å². The van der Waals surface area contributed by atoms with Crippen LogP contribution in [-0.2, 0) is 14.4 Å². The summed E-state index contributed by atoms with van der Waals surface area (Å²) >= 11 is 0. The van der Waals surface area contributed by atoms with Gasteiger partial charge in [-0.05, 0) is 26.0 Å². The van der Waals surface area contributed by atoms with Gasteiger partial charge in [0.15, 0.2) is 6.61 Å². The highest BCUT2D eigenvalue weighted by Crippen LogP contribution is 2.04. The normalized spacial score (nSPS) is 9.74. The molecule has 0 fully saturated rings. The van der Waals surface area contributed by atoms with Crippen molar-refractivity contribution < 1.29 is 24.0 Å². The molecule has 0 atom stereocenters. The van der Waals surface area contributed by atoms with Crippen LogP contribution in [-0.4, -0.2) is 68.4 Å². The first-order chi connectivity index (χ1) is 12.9. The molecule has 148 valence electrons. The van der Waals surface area contributed by atoms with Gasteiger partial charge in [0.2, 0.25) is 0 Å². The number of oxime groups is 1. The Kier molecular flexibility index (Phi) is 9.98. The van der Waals surface area contributed by atoms with Crippen molar-refractivity contribution in [2.24, 2.45) is 5.16 Å². The van der Waals surface area contributed by atoms with Crippen LogP contribution in [0.4, 0.5) is 4.79 Å². The highest BCUT2D eigenvalue weighted by Gasteiger charge is 2.16. The maximum atomic E-state index is 12.6. The third-order valence-corrected chi connectivity index (χ3v) is 3.29. The fourth-order valence-corrected chi connectivity index (χ4v) is 2.04. The summed E-state index contributed by atoms with van der Waals surface area (Å²) < 4.78 is 4.51. The molecule has 0 radical (unpaired) electrons. The number of ether oxygens (including phenoxy) is 1. The number of nitrogens with one attached hydrogen (secondary N) is 2. The molecule has 0 saturated heterocycles. The summed E-state index contributed by atoms with van der Waals surface area (Å²) in [5.74, 6) is -0.529. The Hall–Kier alpha value is -3.10. The van der Waals surface area contributed by atoms with E-state index in [0.29, 0.717) is 11.3 Å². The Bertz CT molecular complexity index is 644. The smallest absolute Gasteiger partial charge is 0.406 e. The van der Waals surface area contributed by atoms with Gasteiger partial charge >= 0.3 is 6.09 Å². The minimum absolute atomic E-state index is 0.193. The summed E-state index contributed by atoms with van der Waals surface area (Å²) in [6.45, 7) is 4.34. The van der Waals surface area contributed by atoms with Gasteiger partial charge in [-0.1, -0.05) is 23.4 Å². The van der Waals surface area contributed by atoms with Crippen molar-refractivity contribution >= 4 is 23.6 Å². The SMILES string of the molecule is COC(=O)NCCN(CCNC(=O)CON=C(C)C)C(=O)c1ccccc1. The highest BCUT2D eigenvalue weighted by molar-refractivity contribution is 5.94. The van der Waals surface area contributed by atoms with E-state index in [4.69, 9.17) is 4.84 Å². The third kappa shape index (κ3) is 9.24. The second-order valence-corrected chi connectivity index (χ2v) is 5.74.